The maximum atomic E-state index is 3.42. The average molecular weight is 311 g/mol. The van der Waals surface area contributed by atoms with E-state index in [-0.39, 0.29) is 0 Å². The highest BCUT2D eigenvalue weighted by molar-refractivity contribution is 4.68. The van der Waals surface area contributed by atoms with Crippen molar-refractivity contribution in [1.82, 2.24) is 20.4 Å². The summed E-state index contributed by atoms with van der Waals surface area (Å²) in [5.74, 6) is 0. The highest BCUT2D eigenvalue weighted by Crippen LogP contribution is 2.10. The number of hydrogen-bond acceptors (Lipinski definition) is 4. The van der Waals surface area contributed by atoms with Gasteiger partial charge in [0.25, 0.3) is 0 Å². The fraction of sp³-hybridized carbons (Fsp3) is 1.00. The second-order valence-corrected chi connectivity index (χ2v) is 7.01. The van der Waals surface area contributed by atoms with Gasteiger partial charge in [-0.3, -0.25) is 0 Å². The molecule has 0 aliphatic carbocycles. The molecule has 2 aliphatic rings. The molecule has 0 spiro atoms. The minimum absolute atomic E-state index is 1.19. The van der Waals surface area contributed by atoms with E-state index in [9.17, 15) is 0 Å². The van der Waals surface area contributed by atoms with Crippen molar-refractivity contribution in [3.8, 4) is 0 Å². The highest BCUT2D eigenvalue weighted by Gasteiger charge is 2.09. The maximum absolute atomic E-state index is 3.42. The van der Waals surface area contributed by atoms with Crippen molar-refractivity contribution in [2.45, 2.75) is 51.4 Å². The molecule has 2 aliphatic heterocycles. The Morgan fingerprint density at radius 2 is 0.773 bits per heavy atom. The molecule has 0 unspecified atom stereocenters. The third-order valence-electron chi connectivity index (χ3n) is 5.12. The van der Waals surface area contributed by atoms with Crippen LogP contribution in [0.5, 0.6) is 0 Å². The van der Waals surface area contributed by atoms with Gasteiger partial charge in [0.05, 0.1) is 0 Å². The SMILES string of the molecule is C(CCCCCN1CCNCC1)CCCCN1CCNCC1. The van der Waals surface area contributed by atoms with Gasteiger partial charge in [-0.2, -0.15) is 0 Å². The second kappa shape index (κ2) is 12.3. The van der Waals surface area contributed by atoms with E-state index in [1.807, 2.05) is 0 Å². The molecule has 0 atom stereocenters. The molecule has 2 rings (SSSR count). The quantitative estimate of drug-likeness (QED) is 0.571. The molecule has 2 saturated heterocycles. The third-order valence-corrected chi connectivity index (χ3v) is 5.12. The van der Waals surface area contributed by atoms with Gasteiger partial charge in [-0.1, -0.05) is 38.5 Å². The van der Waals surface area contributed by atoms with Crippen molar-refractivity contribution in [3.05, 3.63) is 0 Å². The van der Waals surface area contributed by atoms with Gasteiger partial charge in [-0.15, -0.1) is 0 Å². The Hall–Kier alpha value is -0.160. The van der Waals surface area contributed by atoms with Crippen LogP contribution < -0.4 is 10.6 Å². The predicted molar refractivity (Wildman–Crippen MR) is 95.6 cm³/mol. The minimum Gasteiger partial charge on any atom is -0.314 e. The van der Waals surface area contributed by atoms with E-state index < -0.39 is 0 Å². The van der Waals surface area contributed by atoms with Crippen LogP contribution in [0, 0.1) is 0 Å². The minimum atomic E-state index is 1.19. The summed E-state index contributed by atoms with van der Waals surface area (Å²) in [4.78, 5) is 5.24. The van der Waals surface area contributed by atoms with Crippen molar-refractivity contribution in [1.29, 1.82) is 0 Å². The topological polar surface area (TPSA) is 30.5 Å². The van der Waals surface area contributed by atoms with Gasteiger partial charge in [0.15, 0.2) is 0 Å². The van der Waals surface area contributed by atoms with Crippen LogP contribution in [-0.4, -0.2) is 75.2 Å². The number of rotatable bonds is 11. The van der Waals surface area contributed by atoms with Gasteiger partial charge < -0.3 is 20.4 Å². The molecule has 0 aromatic heterocycles. The largest absolute Gasteiger partial charge is 0.314 e. The van der Waals surface area contributed by atoms with Crippen LogP contribution in [0.4, 0.5) is 0 Å². The number of nitrogens with zero attached hydrogens (tertiary/aromatic N) is 2. The van der Waals surface area contributed by atoms with Gasteiger partial charge in [-0.05, 0) is 25.9 Å². The van der Waals surface area contributed by atoms with Crippen LogP contribution in [0.25, 0.3) is 0 Å². The predicted octanol–water partition coefficient (Wildman–Crippen LogP) is 1.92. The molecule has 0 radical (unpaired) electrons. The first kappa shape index (κ1) is 18.2. The molecule has 4 nitrogen and oxygen atoms in total. The molecular weight excluding hydrogens is 272 g/mol. The van der Waals surface area contributed by atoms with Gasteiger partial charge in [0, 0.05) is 52.4 Å². The number of hydrogen-bond donors (Lipinski definition) is 2. The first-order valence-electron chi connectivity index (χ1n) is 9.81. The number of nitrogens with one attached hydrogen (secondary N) is 2. The van der Waals surface area contributed by atoms with E-state index in [1.54, 1.807) is 0 Å². The summed E-state index contributed by atoms with van der Waals surface area (Å²) in [5.41, 5.74) is 0. The summed E-state index contributed by atoms with van der Waals surface area (Å²) < 4.78 is 0. The van der Waals surface area contributed by atoms with Gasteiger partial charge in [-0.25, -0.2) is 0 Å². The summed E-state index contributed by atoms with van der Waals surface area (Å²) in [6.45, 7) is 12.4. The van der Waals surface area contributed by atoms with Crippen LogP contribution in [0.3, 0.4) is 0 Å². The Morgan fingerprint density at radius 3 is 1.14 bits per heavy atom. The zero-order valence-corrected chi connectivity index (χ0v) is 14.6. The van der Waals surface area contributed by atoms with Crippen molar-refractivity contribution in [2.24, 2.45) is 0 Å². The summed E-state index contributed by atoms with van der Waals surface area (Å²) >= 11 is 0. The van der Waals surface area contributed by atoms with Crippen molar-refractivity contribution in [3.63, 3.8) is 0 Å². The van der Waals surface area contributed by atoms with Crippen molar-refractivity contribution < 1.29 is 0 Å². The Kier molecular flexibility index (Phi) is 10.2. The first-order chi connectivity index (χ1) is 10.9. The molecule has 130 valence electrons. The van der Waals surface area contributed by atoms with E-state index in [2.05, 4.69) is 20.4 Å². The Bertz CT molecular complexity index is 221. The molecule has 0 amide bonds. The lowest BCUT2D eigenvalue weighted by Gasteiger charge is -2.27. The van der Waals surface area contributed by atoms with E-state index in [1.165, 1.54) is 117 Å². The van der Waals surface area contributed by atoms with Crippen LogP contribution >= 0.6 is 0 Å². The molecule has 2 fully saturated rings. The lowest BCUT2D eigenvalue weighted by atomic mass is 10.1. The summed E-state index contributed by atoms with van der Waals surface area (Å²) in [7, 11) is 0. The Morgan fingerprint density at radius 1 is 0.455 bits per heavy atom. The zero-order valence-electron chi connectivity index (χ0n) is 14.6. The standard InChI is InChI=1S/C18H38N4/c1(3-5-7-13-21-15-9-19-10-16-21)2-4-6-8-14-22-17-11-20-12-18-22/h19-20H,1-18H2. The number of piperazine rings is 2. The molecular formula is C18H38N4. The average Bonchev–Trinajstić information content (AvgIpc) is 2.58. The third kappa shape index (κ3) is 8.47. The fourth-order valence-electron chi connectivity index (χ4n) is 3.60. The molecule has 4 heteroatoms. The normalized spacial score (nSPS) is 21.3. The molecule has 22 heavy (non-hydrogen) atoms. The van der Waals surface area contributed by atoms with Crippen LogP contribution in [-0.2, 0) is 0 Å². The summed E-state index contributed by atoms with van der Waals surface area (Å²) in [6, 6.07) is 0. The monoisotopic (exact) mass is 310 g/mol. The second-order valence-electron chi connectivity index (χ2n) is 7.01. The van der Waals surface area contributed by atoms with Gasteiger partial charge >= 0.3 is 0 Å². The van der Waals surface area contributed by atoms with E-state index in [4.69, 9.17) is 0 Å². The van der Waals surface area contributed by atoms with Crippen LogP contribution in [0.2, 0.25) is 0 Å². The Balaban J connectivity index is 1.28. The smallest absolute Gasteiger partial charge is 0.0107 e. The van der Waals surface area contributed by atoms with Crippen LogP contribution in [0.15, 0.2) is 0 Å². The lowest BCUT2D eigenvalue weighted by Crippen LogP contribution is -2.43. The summed E-state index contributed by atoms with van der Waals surface area (Å²) in [5, 5.41) is 6.85. The molecule has 0 aromatic carbocycles. The molecule has 0 saturated carbocycles. The first-order valence-corrected chi connectivity index (χ1v) is 9.81. The molecule has 2 N–H and O–H groups in total. The summed E-state index contributed by atoms with van der Waals surface area (Å²) in [6.07, 6.45) is 11.5. The van der Waals surface area contributed by atoms with E-state index in [0.717, 1.165) is 0 Å². The number of unbranched alkanes of at least 4 members (excludes halogenated alkanes) is 7. The highest BCUT2D eigenvalue weighted by atomic mass is 15.2. The maximum Gasteiger partial charge on any atom is 0.0107 e. The van der Waals surface area contributed by atoms with Crippen molar-refractivity contribution in [2.75, 3.05) is 65.4 Å². The van der Waals surface area contributed by atoms with E-state index in [0.29, 0.717) is 0 Å². The lowest BCUT2D eigenvalue weighted by molar-refractivity contribution is 0.234. The van der Waals surface area contributed by atoms with E-state index >= 15 is 0 Å². The van der Waals surface area contributed by atoms with Crippen LogP contribution in [0.1, 0.15) is 51.4 Å². The zero-order chi connectivity index (χ0) is 15.3. The molecule has 2 heterocycles. The Labute approximate surface area is 138 Å². The fourth-order valence-corrected chi connectivity index (χ4v) is 3.60. The van der Waals surface area contributed by atoms with Gasteiger partial charge in [0.1, 0.15) is 0 Å². The van der Waals surface area contributed by atoms with Gasteiger partial charge in [0.2, 0.25) is 0 Å². The molecule has 0 aromatic rings. The molecule has 0 bridgehead atoms. The van der Waals surface area contributed by atoms with Crippen molar-refractivity contribution >= 4 is 0 Å².